The van der Waals surface area contributed by atoms with Crippen LogP contribution in [-0.4, -0.2) is 45.2 Å². The molecule has 0 heterocycles. The number of likely N-dealkylation sites (N-methyl/N-ethyl adjacent to an activating group) is 1. The SMILES string of the molecule is CN=C(NCc1ccc(C#N)cc1F)N(C)CCOc1ccc(OC)cc1.I. The molecule has 0 saturated heterocycles. The van der Waals surface area contributed by atoms with Crippen molar-refractivity contribution in [3.8, 4) is 17.6 Å². The van der Waals surface area contributed by atoms with Gasteiger partial charge in [0.05, 0.1) is 25.3 Å². The first-order valence-corrected chi connectivity index (χ1v) is 8.44. The van der Waals surface area contributed by atoms with Gasteiger partial charge in [0.25, 0.3) is 0 Å². The average Bonchev–Trinajstić information content (AvgIpc) is 2.69. The van der Waals surface area contributed by atoms with Crippen LogP contribution in [0.5, 0.6) is 11.5 Å². The maximum absolute atomic E-state index is 14.0. The van der Waals surface area contributed by atoms with Gasteiger partial charge in [0.2, 0.25) is 0 Å². The van der Waals surface area contributed by atoms with Crippen molar-refractivity contribution in [1.29, 1.82) is 5.26 Å². The number of ether oxygens (including phenoxy) is 2. The monoisotopic (exact) mass is 498 g/mol. The summed E-state index contributed by atoms with van der Waals surface area (Å²) in [7, 11) is 5.16. The van der Waals surface area contributed by atoms with Crippen LogP contribution in [-0.2, 0) is 6.54 Å². The van der Waals surface area contributed by atoms with Crippen molar-refractivity contribution in [2.24, 2.45) is 4.99 Å². The summed E-state index contributed by atoms with van der Waals surface area (Å²) in [5.74, 6) is 1.74. The molecule has 0 spiro atoms. The van der Waals surface area contributed by atoms with Crippen LogP contribution in [0.3, 0.4) is 0 Å². The number of hydrogen-bond donors (Lipinski definition) is 1. The lowest BCUT2D eigenvalue weighted by Gasteiger charge is -2.22. The Kier molecular flexibility index (Phi) is 10.1. The average molecular weight is 498 g/mol. The van der Waals surface area contributed by atoms with Gasteiger partial charge in [-0.1, -0.05) is 6.07 Å². The van der Waals surface area contributed by atoms with Gasteiger partial charge >= 0.3 is 0 Å². The highest BCUT2D eigenvalue weighted by Crippen LogP contribution is 2.16. The number of methoxy groups -OCH3 is 1. The number of benzene rings is 2. The molecular weight excluding hydrogens is 474 g/mol. The molecule has 2 aromatic rings. The van der Waals surface area contributed by atoms with E-state index in [1.54, 1.807) is 26.3 Å². The molecule has 8 heteroatoms. The summed E-state index contributed by atoms with van der Waals surface area (Å²) in [6.45, 7) is 1.34. The first kappa shape index (κ1) is 23.5. The highest BCUT2D eigenvalue weighted by molar-refractivity contribution is 14.0. The highest BCUT2D eigenvalue weighted by Gasteiger charge is 2.08. The van der Waals surface area contributed by atoms with Crippen molar-refractivity contribution in [3.63, 3.8) is 0 Å². The summed E-state index contributed by atoms with van der Waals surface area (Å²) < 4.78 is 24.8. The smallest absolute Gasteiger partial charge is 0.193 e. The molecule has 0 unspecified atom stereocenters. The van der Waals surface area contributed by atoms with E-state index in [2.05, 4.69) is 10.3 Å². The molecule has 150 valence electrons. The van der Waals surface area contributed by atoms with E-state index in [-0.39, 0.29) is 30.5 Å². The lowest BCUT2D eigenvalue weighted by molar-refractivity contribution is 0.281. The van der Waals surface area contributed by atoms with Gasteiger partial charge < -0.3 is 19.7 Å². The molecule has 2 aromatic carbocycles. The standard InChI is InChI=1S/C20H23FN4O2.HI/c1-23-20(24-14-16-5-4-15(13-22)12-19(16)21)25(2)10-11-27-18-8-6-17(26-3)7-9-18;/h4-9,12H,10-11,14H2,1-3H3,(H,23,24);1H. The molecular formula is C20H24FIN4O2. The number of guanidine groups is 1. The lowest BCUT2D eigenvalue weighted by Crippen LogP contribution is -2.40. The van der Waals surface area contributed by atoms with Crippen LogP contribution in [0.15, 0.2) is 47.5 Å². The number of rotatable bonds is 7. The molecule has 1 N–H and O–H groups in total. The Labute approximate surface area is 182 Å². The number of hydrogen-bond acceptors (Lipinski definition) is 4. The van der Waals surface area contributed by atoms with Gasteiger partial charge in [-0.25, -0.2) is 4.39 Å². The van der Waals surface area contributed by atoms with E-state index in [0.717, 1.165) is 11.5 Å². The Morgan fingerprint density at radius 3 is 2.46 bits per heavy atom. The van der Waals surface area contributed by atoms with Gasteiger partial charge in [0.15, 0.2) is 5.96 Å². The Hall–Kier alpha value is -2.54. The van der Waals surface area contributed by atoms with Crippen LogP contribution < -0.4 is 14.8 Å². The second-order valence-corrected chi connectivity index (χ2v) is 5.76. The van der Waals surface area contributed by atoms with E-state index >= 15 is 0 Å². The van der Waals surface area contributed by atoms with Crippen molar-refractivity contribution in [2.75, 3.05) is 34.4 Å². The summed E-state index contributed by atoms with van der Waals surface area (Å²) >= 11 is 0. The number of nitrogens with zero attached hydrogens (tertiary/aromatic N) is 3. The molecule has 0 fully saturated rings. The molecule has 28 heavy (non-hydrogen) atoms. The van der Waals surface area contributed by atoms with Crippen molar-refractivity contribution in [3.05, 3.63) is 59.4 Å². The van der Waals surface area contributed by atoms with Gasteiger partial charge in [0, 0.05) is 26.2 Å². The van der Waals surface area contributed by atoms with E-state index in [4.69, 9.17) is 14.7 Å². The first-order valence-electron chi connectivity index (χ1n) is 8.44. The maximum Gasteiger partial charge on any atom is 0.193 e. The van der Waals surface area contributed by atoms with Crippen LogP contribution in [0.25, 0.3) is 0 Å². The lowest BCUT2D eigenvalue weighted by atomic mass is 10.1. The molecule has 6 nitrogen and oxygen atoms in total. The molecule has 2 rings (SSSR count). The minimum absolute atomic E-state index is 0. The van der Waals surface area contributed by atoms with Crippen molar-refractivity contribution >= 4 is 29.9 Å². The highest BCUT2D eigenvalue weighted by atomic mass is 127. The van der Waals surface area contributed by atoms with E-state index in [0.29, 0.717) is 30.2 Å². The van der Waals surface area contributed by atoms with E-state index in [1.165, 1.54) is 6.07 Å². The van der Waals surface area contributed by atoms with Crippen LogP contribution in [0, 0.1) is 17.1 Å². The predicted octanol–water partition coefficient (Wildman–Crippen LogP) is 3.41. The van der Waals surface area contributed by atoms with E-state index in [9.17, 15) is 4.39 Å². The first-order chi connectivity index (χ1) is 13.1. The fraction of sp³-hybridized carbons (Fsp3) is 0.300. The van der Waals surface area contributed by atoms with Crippen molar-refractivity contribution in [1.82, 2.24) is 10.2 Å². The van der Waals surface area contributed by atoms with Gasteiger partial charge in [-0.2, -0.15) is 5.26 Å². The maximum atomic E-state index is 14.0. The molecule has 0 amide bonds. The zero-order valence-electron chi connectivity index (χ0n) is 16.1. The third-order valence-electron chi connectivity index (χ3n) is 3.95. The minimum Gasteiger partial charge on any atom is -0.497 e. The zero-order valence-corrected chi connectivity index (χ0v) is 18.4. The molecule has 0 radical (unpaired) electrons. The van der Waals surface area contributed by atoms with Crippen LogP contribution in [0.1, 0.15) is 11.1 Å². The summed E-state index contributed by atoms with van der Waals surface area (Å²) in [5, 5.41) is 11.9. The fourth-order valence-corrected chi connectivity index (χ4v) is 2.40. The molecule has 0 saturated carbocycles. The number of halogens is 2. The molecule has 0 bridgehead atoms. The number of nitriles is 1. The Morgan fingerprint density at radius 2 is 1.89 bits per heavy atom. The largest absolute Gasteiger partial charge is 0.497 e. The summed E-state index contributed by atoms with van der Waals surface area (Å²) in [4.78, 5) is 6.09. The number of aliphatic imine (C=N–C) groups is 1. The quantitative estimate of drug-likeness (QED) is 0.360. The van der Waals surface area contributed by atoms with E-state index in [1.807, 2.05) is 42.3 Å². The molecule has 0 aromatic heterocycles. The minimum atomic E-state index is -0.414. The molecule has 0 aliphatic rings. The Balaban J connectivity index is 0.00000392. The van der Waals surface area contributed by atoms with Crippen LogP contribution in [0.4, 0.5) is 4.39 Å². The normalized spacial score (nSPS) is 10.5. The van der Waals surface area contributed by atoms with Gasteiger partial charge in [0.1, 0.15) is 23.9 Å². The van der Waals surface area contributed by atoms with Gasteiger partial charge in [-0.05, 0) is 36.4 Å². The second kappa shape index (κ2) is 12.0. The van der Waals surface area contributed by atoms with Crippen molar-refractivity contribution < 1.29 is 13.9 Å². The molecule has 0 atom stereocenters. The fourth-order valence-electron chi connectivity index (χ4n) is 2.40. The Bertz CT molecular complexity index is 822. The van der Waals surface area contributed by atoms with Crippen LogP contribution in [0.2, 0.25) is 0 Å². The summed E-state index contributed by atoms with van der Waals surface area (Å²) in [6, 6.07) is 13.7. The van der Waals surface area contributed by atoms with Crippen LogP contribution >= 0.6 is 24.0 Å². The predicted molar refractivity (Wildman–Crippen MR) is 118 cm³/mol. The third-order valence-corrected chi connectivity index (χ3v) is 3.95. The number of nitrogens with one attached hydrogen (secondary N) is 1. The summed E-state index contributed by atoms with van der Waals surface area (Å²) in [5.41, 5.74) is 0.770. The Morgan fingerprint density at radius 1 is 1.21 bits per heavy atom. The van der Waals surface area contributed by atoms with Gasteiger partial charge in [-0.3, -0.25) is 4.99 Å². The van der Waals surface area contributed by atoms with Gasteiger partial charge in [-0.15, -0.1) is 24.0 Å². The third kappa shape index (κ3) is 6.88. The zero-order chi connectivity index (χ0) is 19.6. The molecule has 0 aliphatic carbocycles. The topological polar surface area (TPSA) is 69.9 Å². The molecule has 0 aliphatic heterocycles. The van der Waals surface area contributed by atoms with Crippen molar-refractivity contribution in [2.45, 2.75) is 6.54 Å². The summed E-state index contributed by atoms with van der Waals surface area (Å²) in [6.07, 6.45) is 0. The van der Waals surface area contributed by atoms with E-state index < -0.39 is 5.82 Å². The second-order valence-electron chi connectivity index (χ2n) is 5.76.